The fraction of sp³-hybridized carbons (Fsp3) is 0.312. The molecule has 0 unspecified atom stereocenters. The Morgan fingerprint density at radius 1 is 1.17 bits per heavy atom. The van der Waals surface area contributed by atoms with E-state index in [1.54, 1.807) is 4.90 Å². The average Bonchev–Trinajstić information content (AvgIpc) is 2.56. The van der Waals surface area contributed by atoms with Crippen molar-refractivity contribution in [2.75, 3.05) is 26.2 Å². The van der Waals surface area contributed by atoms with E-state index in [-0.39, 0.29) is 17.2 Å². The van der Waals surface area contributed by atoms with Crippen LogP contribution in [0.5, 0.6) is 0 Å². The Morgan fingerprint density at radius 3 is 2.61 bits per heavy atom. The molecule has 1 aliphatic heterocycles. The molecule has 2 heterocycles. The van der Waals surface area contributed by atoms with Crippen molar-refractivity contribution in [1.29, 1.82) is 0 Å². The third kappa shape index (κ3) is 3.97. The van der Waals surface area contributed by atoms with E-state index in [1.807, 2.05) is 24.3 Å². The van der Waals surface area contributed by atoms with Crippen LogP contribution in [0.25, 0.3) is 0 Å². The molecule has 0 radical (unpaired) electrons. The van der Waals surface area contributed by atoms with Crippen LogP contribution < -0.4 is 5.56 Å². The Kier molecular flexibility index (Phi) is 4.73. The Hall–Kier alpha value is -2.18. The van der Waals surface area contributed by atoms with Gasteiger partial charge in [-0.05, 0) is 23.8 Å². The minimum absolute atomic E-state index is 0.149. The van der Waals surface area contributed by atoms with Gasteiger partial charge in [-0.2, -0.15) is 5.10 Å². The highest BCUT2D eigenvalue weighted by atomic mass is 35.5. The third-order valence-electron chi connectivity index (χ3n) is 3.85. The minimum atomic E-state index is -0.312. The molecule has 2 aromatic rings. The summed E-state index contributed by atoms with van der Waals surface area (Å²) in [6, 6.07) is 10.6. The number of benzene rings is 1. The number of nitrogens with one attached hydrogen (secondary N) is 1. The molecule has 0 saturated carbocycles. The lowest BCUT2D eigenvalue weighted by Crippen LogP contribution is -2.48. The number of hydrogen-bond donors (Lipinski definition) is 1. The predicted octanol–water partition coefficient (Wildman–Crippen LogP) is 1.38. The standard InChI is InChI=1S/C16H17ClN4O2/c17-13-3-1-2-12(10-13)11-20-6-8-21(9-7-20)16(23)14-4-5-15(22)19-18-14/h1-5,10H,6-9,11H2,(H,19,22). The van der Waals surface area contributed by atoms with Crippen LogP contribution in [0.3, 0.4) is 0 Å². The highest BCUT2D eigenvalue weighted by Crippen LogP contribution is 2.14. The van der Waals surface area contributed by atoms with Gasteiger partial charge in [0.2, 0.25) is 0 Å². The van der Waals surface area contributed by atoms with E-state index in [1.165, 1.54) is 17.7 Å². The van der Waals surface area contributed by atoms with Crippen molar-refractivity contribution in [3.8, 4) is 0 Å². The number of amides is 1. The second-order valence-electron chi connectivity index (χ2n) is 5.50. The maximum Gasteiger partial charge on any atom is 0.274 e. The first-order valence-electron chi connectivity index (χ1n) is 7.43. The van der Waals surface area contributed by atoms with Crippen LogP contribution in [-0.4, -0.2) is 52.1 Å². The van der Waals surface area contributed by atoms with E-state index < -0.39 is 0 Å². The number of aromatic nitrogens is 2. The lowest BCUT2D eigenvalue weighted by molar-refractivity contribution is 0.0621. The molecule has 0 atom stereocenters. The molecule has 0 spiro atoms. The van der Waals surface area contributed by atoms with Crippen LogP contribution in [0.2, 0.25) is 5.02 Å². The molecule has 1 aromatic heterocycles. The Labute approximate surface area is 138 Å². The van der Waals surface area contributed by atoms with Crippen LogP contribution in [0.4, 0.5) is 0 Å². The summed E-state index contributed by atoms with van der Waals surface area (Å²) in [7, 11) is 0. The minimum Gasteiger partial charge on any atom is -0.335 e. The van der Waals surface area contributed by atoms with Crippen LogP contribution in [-0.2, 0) is 6.54 Å². The first-order chi connectivity index (χ1) is 11.1. The molecular formula is C16H17ClN4O2. The number of H-pyrrole nitrogens is 1. The Bertz CT molecular complexity index is 733. The molecule has 120 valence electrons. The van der Waals surface area contributed by atoms with Crippen LogP contribution in [0.15, 0.2) is 41.2 Å². The summed E-state index contributed by atoms with van der Waals surface area (Å²) >= 11 is 6.00. The maximum atomic E-state index is 12.3. The number of piperazine rings is 1. The summed E-state index contributed by atoms with van der Waals surface area (Å²) < 4.78 is 0. The largest absolute Gasteiger partial charge is 0.335 e. The van der Waals surface area contributed by atoms with Gasteiger partial charge in [0.15, 0.2) is 0 Å². The first kappa shape index (κ1) is 15.7. The zero-order valence-electron chi connectivity index (χ0n) is 12.5. The normalized spacial score (nSPS) is 15.6. The number of carbonyl (C=O) groups is 1. The fourth-order valence-corrected chi connectivity index (χ4v) is 2.84. The van der Waals surface area contributed by atoms with Gasteiger partial charge in [-0.3, -0.25) is 14.5 Å². The van der Waals surface area contributed by atoms with Gasteiger partial charge in [-0.25, -0.2) is 5.10 Å². The van der Waals surface area contributed by atoms with Gasteiger partial charge < -0.3 is 4.90 Å². The van der Waals surface area contributed by atoms with Gasteiger partial charge >= 0.3 is 0 Å². The molecule has 1 N–H and O–H groups in total. The number of halogens is 1. The molecule has 0 aliphatic carbocycles. The van der Waals surface area contributed by atoms with E-state index in [9.17, 15) is 9.59 Å². The molecule has 7 heteroatoms. The number of aromatic amines is 1. The molecule has 23 heavy (non-hydrogen) atoms. The number of carbonyl (C=O) groups excluding carboxylic acids is 1. The van der Waals surface area contributed by atoms with Crippen molar-refractivity contribution in [3.05, 3.63) is 63.0 Å². The van der Waals surface area contributed by atoms with Gasteiger partial charge in [0.25, 0.3) is 11.5 Å². The fourth-order valence-electron chi connectivity index (χ4n) is 2.63. The lowest BCUT2D eigenvalue weighted by atomic mass is 10.2. The first-order valence-corrected chi connectivity index (χ1v) is 7.81. The SMILES string of the molecule is O=C(c1ccc(=O)[nH]n1)N1CCN(Cc2cccc(Cl)c2)CC1. The van der Waals surface area contributed by atoms with Crippen molar-refractivity contribution in [2.45, 2.75) is 6.54 Å². The van der Waals surface area contributed by atoms with Crippen molar-refractivity contribution >= 4 is 17.5 Å². The van der Waals surface area contributed by atoms with E-state index in [0.717, 1.165) is 24.7 Å². The van der Waals surface area contributed by atoms with Crippen molar-refractivity contribution < 1.29 is 4.79 Å². The molecule has 0 bridgehead atoms. The van der Waals surface area contributed by atoms with Crippen molar-refractivity contribution in [1.82, 2.24) is 20.0 Å². The van der Waals surface area contributed by atoms with Crippen molar-refractivity contribution in [2.24, 2.45) is 0 Å². The van der Waals surface area contributed by atoms with Crippen LogP contribution in [0, 0.1) is 0 Å². The summed E-state index contributed by atoms with van der Waals surface area (Å²) in [5, 5.41) is 6.82. The molecule has 1 aromatic carbocycles. The smallest absolute Gasteiger partial charge is 0.274 e. The highest BCUT2D eigenvalue weighted by Gasteiger charge is 2.23. The zero-order valence-corrected chi connectivity index (χ0v) is 13.3. The predicted molar refractivity (Wildman–Crippen MR) is 87.5 cm³/mol. The summed E-state index contributed by atoms with van der Waals surface area (Å²) in [4.78, 5) is 27.4. The molecule has 1 fully saturated rings. The number of nitrogens with zero attached hydrogens (tertiary/aromatic N) is 3. The van der Waals surface area contributed by atoms with Gasteiger partial charge in [0.1, 0.15) is 5.69 Å². The molecule has 1 amide bonds. The molecule has 1 aliphatic rings. The number of hydrogen-bond acceptors (Lipinski definition) is 4. The zero-order chi connectivity index (χ0) is 16.2. The molecular weight excluding hydrogens is 316 g/mol. The van der Waals surface area contributed by atoms with Gasteiger partial charge in [0.05, 0.1) is 0 Å². The second-order valence-corrected chi connectivity index (χ2v) is 5.94. The Morgan fingerprint density at radius 2 is 1.96 bits per heavy atom. The monoisotopic (exact) mass is 332 g/mol. The Balaban J connectivity index is 1.56. The van der Waals surface area contributed by atoms with Gasteiger partial charge in [-0.1, -0.05) is 23.7 Å². The summed E-state index contributed by atoms with van der Waals surface area (Å²) in [6.45, 7) is 3.68. The van der Waals surface area contributed by atoms with Gasteiger partial charge in [0, 0.05) is 43.8 Å². The molecule has 6 nitrogen and oxygen atoms in total. The third-order valence-corrected chi connectivity index (χ3v) is 4.09. The highest BCUT2D eigenvalue weighted by molar-refractivity contribution is 6.30. The topological polar surface area (TPSA) is 69.3 Å². The van der Waals surface area contributed by atoms with Crippen LogP contribution in [0.1, 0.15) is 16.1 Å². The van der Waals surface area contributed by atoms with Crippen LogP contribution >= 0.6 is 11.6 Å². The summed E-state index contributed by atoms with van der Waals surface area (Å²) in [5.74, 6) is -0.149. The molecule has 1 saturated heterocycles. The van der Waals surface area contributed by atoms with E-state index >= 15 is 0 Å². The summed E-state index contributed by atoms with van der Waals surface area (Å²) in [5.41, 5.74) is 1.13. The molecule has 3 rings (SSSR count). The van der Waals surface area contributed by atoms with E-state index in [0.29, 0.717) is 13.1 Å². The van der Waals surface area contributed by atoms with E-state index in [4.69, 9.17) is 11.6 Å². The average molecular weight is 333 g/mol. The second kappa shape index (κ2) is 6.93. The lowest BCUT2D eigenvalue weighted by Gasteiger charge is -2.34. The maximum absolute atomic E-state index is 12.3. The van der Waals surface area contributed by atoms with Crippen molar-refractivity contribution in [3.63, 3.8) is 0 Å². The summed E-state index contributed by atoms with van der Waals surface area (Å²) in [6.07, 6.45) is 0. The van der Waals surface area contributed by atoms with E-state index in [2.05, 4.69) is 15.1 Å². The number of rotatable bonds is 3. The van der Waals surface area contributed by atoms with Gasteiger partial charge in [-0.15, -0.1) is 0 Å². The quantitative estimate of drug-likeness (QED) is 0.922.